The molecule has 2 aliphatic heterocycles. The molecule has 0 bridgehead atoms. The Morgan fingerprint density at radius 3 is 3.00 bits per heavy atom. The molecule has 0 aromatic carbocycles. The summed E-state index contributed by atoms with van der Waals surface area (Å²) in [7, 11) is 0. The van der Waals surface area contributed by atoms with Crippen molar-refractivity contribution in [2.45, 2.75) is 44.9 Å². The molecule has 7 heteroatoms. The maximum atomic E-state index is 11.3. The predicted molar refractivity (Wildman–Crippen MR) is 71.9 cm³/mol. The Bertz CT molecular complexity index is 576. The Hall–Kier alpha value is -1.73. The van der Waals surface area contributed by atoms with E-state index in [2.05, 4.69) is 22.2 Å². The van der Waals surface area contributed by atoms with Gasteiger partial charge < -0.3 is 16.2 Å². The van der Waals surface area contributed by atoms with E-state index >= 15 is 0 Å². The summed E-state index contributed by atoms with van der Waals surface area (Å²) in [6.07, 6.45) is 0.274. The lowest BCUT2D eigenvalue weighted by molar-refractivity contribution is 0.0990. The van der Waals surface area contributed by atoms with Crippen LogP contribution in [0.3, 0.4) is 0 Å². The highest BCUT2D eigenvalue weighted by atomic mass is 16.4. The van der Waals surface area contributed by atoms with Gasteiger partial charge in [-0.15, -0.1) is 0 Å². The van der Waals surface area contributed by atoms with Crippen LogP contribution in [0.1, 0.15) is 48.6 Å². The van der Waals surface area contributed by atoms with Gasteiger partial charge >= 0.3 is 6.09 Å². The van der Waals surface area contributed by atoms with Crippen LogP contribution in [0.15, 0.2) is 0 Å². The smallest absolute Gasteiger partial charge is 0.409 e. The van der Waals surface area contributed by atoms with E-state index in [1.165, 1.54) is 4.90 Å². The number of nitrogens with two attached hydrogens (primary N) is 1. The van der Waals surface area contributed by atoms with Crippen LogP contribution in [0.5, 0.6) is 0 Å². The quantitative estimate of drug-likeness (QED) is 0.702. The molecular weight excluding hydrogens is 258 g/mol. The molecule has 1 saturated heterocycles. The third-order valence-electron chi connectivity index (χ3n) is 4.26. The third-order valence-corrected chi connectivity index (χ3v) is 4.26. The molecule has 7 nitrogen and oxygen atoms in total. The zero-order chi connectivity index (χ0) is 14.5. The zero-order valence-corrected chi connectivity index (χ0v) is 11.7. The van der Waals surface area contributed by atoms with Crippen molar-refractivity contribution in [1.82, 2.24) is 20.2 Å². The van der Waals surface area contributed by atoms with Crippen LogP contribution in [-0.2, 0) is 12.2 Å². The SMILES string of the molecule is Cc1nc(C2(N)CCCN2C(=O)O)nc2c1C(C)NC2. The second kappa shape index (κ2) is 4.39. The molecule has 4 N–H and O–H groups in total. The molecule has 2 unspecified atom stereocenters. The van der Waals surface area contributed by atoms with E-state index < -0.39 is 11.8 Å². The van der Waals surface area contributed by atoms with Gasteiger partial charge in [-0.25, -0.2) is 14.8 Å². The molecule has 1 amide bonds. The van der Waals surface area contributed by atoms with Gasteiger partial charge in [0, 0.05) is 30.4 Å². The van der Waals surface area contributed by atoms with E-state index in [4.69, 9.17) is 5.73 Å². The summed E-state index contributed by atoms with van der Waals surface area (Å²) in [5.74, 6) is 0.421. The van der Waals surface area contributed by atoms with Crippen LogP contribution in [0, 0.1) is 6.92 Å². The monoisotopic (exact) mass is 277 g/mol. The molecule has 2 aliphatic rings. The van der Waals surface area contributed by atoms with Crippen molar-refractivity contribution < 1.29 is 9.90 Å². The average molecular weight is 277 g/mol. The second-order valence-corrected chi connectivity index (χ2v) is 5.56. The number of rotatable bonds is 1. The Labute approximate surface area is 117 Å². The Morgan fingerprint density at radius 2 is 2.30 bits per heavy atom. The number of aromatic nitrogens is 2. The Morgan fingerprint density at radius 1 is 1.55 bits per heavy atom. The maximum Gasteiger partial charge on any atom is 0.409 e. The highest BCUT2D eigenvalue weighted by Crippen LogP contribution is 2.34. The number of hydrogen-bond donors (Lipinski definition) is 3. The topological polar surface area (TPSA) is 104 Å². The minimum Gasteiger partial charge on any atom is -0.465 e. The van der Waals surface area contributed by atoms with E-state index in [1.54, 1.807) is 0 Å². The molecule has 0 aliphatic carbocycles. The number of hydrogen-bond acceptors (Lipinski definition) is 5. The number of nitrogens with one attached hydrogen (secondary N) is 1. The van der Waals surface area contributed by atoms with Crippen LogP contribution in [-0.4, -0.2) is 32.6 Å². The lowest BCUT2D eigenvalue weighted by Crippen LogP contribution is -2.52. The first kappa shape index (κ1) is 13.3. The van der Waals surface area contributed by atoms with Crippen molar-refractivity contribution in [3.05, 3.63) is 22.8 Å². The number of fused-ring (bicyclic) bond motifs is 1. The van der Waals surface area contributed by atoms with Crippen molar-refractivity contribution in [3.8, 4) is 0 Å². The second-order valence-electron chi connectivity index (χ2n) is 5.56. The van der Waals surface area contributed by atoms with Crippen molar-refractivity contribution in [3.63, 3.8) is 0 Å². The van der Waals surface area contributed by atoms with Crippen molar-refractivity contribution >= 4 is 6.09 Å². The molecule has 1 aromatic heterocycles. The summed E-state index contributed by atoms with van der Waals surface area (Å²) in [5.41, 5.74) is 8.14. The highest BCUT2D eigenvalue weighted by Gasteiger charge is 2.45. The molecule has 1 aromatic rings. The van der Waals surface area contributed by atoms with Gasteiger partial charge in [0.25, 0.3) is 0 Å². The molecular formula is C13H19N5O2. The maximum absolute atomic E-state index is 11.3. The third kappa shape index (κ3) is 1.77. The highest BCUT2D eigenvalue weighted by molar-refractivity contribution is 5.66. The molecule has 108 valence electrons. The number of amides is 1. The summed E-state index contributed by atoms with van der Waals surface area (Å²) in [6.45, 7) is 5.10. The van der Waals surface area contributed by atoms with Crippen molar-refractivity contribution in [1.29, 1.82) is 0 Å². The van der Waals surface area contributed by atoms with Crippen LogP contribution in [0.2, 0.25) is 0 Å². The largest absolute Gasteiger partial charge is 0.465 e. The minimum absolute atomic E-state index is 0.229. The molecule has 3 heterocycles. The minimum atomic E-state index is -1.10. The van der Waals surface area contributed by atoms with Crippen LogP contribution in [0.4, 0.5) is 4.79 Å². The zero-order valence-electron chi connectivity index (χ0n) is 11.7. The van der Waals surface area contributed by atoms with Crippen LogP contribution in [0.25, 0.3) is 0 Å². The van der Waals surface area contributed by atoms with Crippen LogP contribution < -0.4 is 11.1 Å². The lowest BCUT2D eigenvalue weighted by atomic mass is 10.0. The Kier molecular flexibility index (Phi) is 2.91. The van der Waals surface area contributed by atoms with Crippen molar-refractivity contribution in [2.75, 3.05) is 6.54 Å². The number of nitrogens with zero attached hydrogens (tertiary/aromatic N) is 3. The van der Waals surface area contributed by atoms with Crippen LogP contribution >= 0.6 is 0 Å². The van der Waals surface area contributed by atoms with Gasteiger partial charge in [-0.2, -0.15) is 0 Å². The van der Waals surface area contributed by atoms with Gasteiger partial charge in [-0.1, -0.05) is 0 Å². The van der Waals surface area contributed by atoms with Gasteiger partial charge in [0.2, 0.25) is 0 Å². The molecule has 0 spiro atoms. The summed E-state index contributed by atoms with van der Waals surface area (Å²) in [4.78, 5) is 21.6. The van der Waals surface area contributed by atoms with Gasteiger partial charge in [0.15, 0.2) is 11.5 Å². The van der Waals surface area contributed by atoms with Gasteiger partial charge in [0.05, 0.1) is 5.69 Å². The van der Waals surface area contributed by atoms with E-state index in [9.17, 15) is 9.90 Å². The summed E-state index contributed by atoms with van der Waals surface area (Å²) >= 11 is 0. The van der Waals surface area contributed by atoms with Gasteiger partial charge in [-0.05, 0) is 26.7 Å². The molecule has 3 rings (SSSR count). The molecule has 1 fully saturated rings. The fourth-order valence-electron chi connectivity index (χ4n) is 3.22. The first-order chi connectivity index (χ1) is 9.43. The van der Waals surface area contributed by atoms with E-state index in [-0.39, 0.29) is 6.04 Å². The van der Waals surface area contributed by atoms with Gasteiger partial charge in [0.1, 0.15) is 0 Å². The Balaban J connectivity index is 2.07. The van der Waals surface area contributed by atoms with E-state index in [1.807, 2.05) is 6.92 Å². The normalized spacial score (nSPS) is 28.8. The van der Waals surface area contributed by atoms with Crippen molar-refractivity contribution in [2.24, 2.45) is 5.73 Å². The van der Waals surface area contributed by atoms with E-state index in [0.29, 0.717) is 25.3 Å². The first-order valence-corrected chi connectivity index (χ1v) is 6.84. The number of likely N-dealkylation sites (tertiary alicyclic amines) is 1. The fraction of sp³-hybridized carbons (Fsp3) is 0.615. The number of aryl methyl sites for hydroxylation is 1. The van der Waals surface area contributed by atoms with Gasteiger partial charge in [-0.3, -0.25) is 4.90 Å². The molecule has 2 atom stereocenters. The van der Waals surface area contributed by atoms with E-state index in [0.717, 1.165) is 23.4 Å². The fourth-order valence-corrected chi connectivity index (χ4v) is 3.22. The lowest BCUT2D eigenvalue weighted by Gasteiger charge is -2.31. The summed E-state index contributed by atoms with van der Waals surface area (Å²) in [6, 6.07) is 0.229. The predicted octanol–water partition coefficient (Wildman–Crippen LogP) is 0.835. The summed E-state index contributed by atoms with van der Waals surface area (Å²) < 4.78 is 0. The average Bonchev–Trinajstić information content (AvgIpc) is 2.94. The molecule has 0 saturated carbocycles. The first-order valence-electron chi connectivity index (χ1n) is 6.84. The number of carbonyl (C=O) groups is 1. The number of carboxylic acid groups (broad SMARTS) is 1. The standard InChI is InChI=1S/C13H19N5O2/c1-7-10-8(2)16-11(17-9(10)6-15-7)13(14)4-3-5-18(13)12(19)20/h7,15H,3-6,14H2,1-2H3,(H,19,20). The summed E-state index contributed by atoms with van der Waals surface area (Å²) in [5, 5.41) is 12.6. The molecule has 0 radical (unpaired) electrons. The molecule has 20 heavy (non-hydrogen) atoms.